The molecule has 2 aromatic carbocycles. The zero-order valence-electron chi connectivity index (χ0n) is 16.1. The maximum atomic E-state index is 12.9. The number of halogens is 2. The van der Waals surface area contributed by atoms with Crippen LogP contribution in [0.2, 0.25) is 10.0 Å². The number of anilines is 2. The maximum absolute atomic E-state index is 12.9. The van der Waals surface area contributed by atoms with Gasteiger partial charge in [-0.3, -0.25) is 14.4 Å². The lowest BCUT2D eigenvalue weighted by Gasteiger charge is -2.24. The Kier molecular flexibility index (Phi) is 6.45. The molecule has 0 aromatic heterocycles. The molecule has 6 nitrogen and oxygen atoms in total. The molecule has 1 unspecified atom stereocenters. The molecule has 1 aliphatic rings. The molecule has 0 radical (unpaired) electrons. The van der Waals surface area contributed by atoms with Crippen LogP contribution in [0, 0.1) is 6.92 Å². The number of hydrogen-bond donors (Lipinski definition) is 2. The molecule has 8 heteroatoms. The van der Waals surface area contributed by atoms with Crippen molar-refractivity contribution in [3.8, 4) is 0 Å². The third-order valence-corrected chi connectivity index (χ3v) is 5.18. The molecular formula is C21H21Cl2N3O3. The van der Waals surface area contributed by atoms with Crippen LogP contribution < -0.4 is 10.6 Å². The molecular weight excluding hydrogens is 413 g/mol. The fraction of sp³-hybridized carbons (Fsp3) is 0.286. The highest BCUT2D eigenvalue weighted by Gasteiger charge is 2.34. The van der Waals surface area contributed by atoms with Crippen LogP contribution in [0.3, 0.4) is 0 Å². The Morgan fingerprint density at radius 3 is 2.38 bits per heavy atom. The van der Waals surface area contributed by atoms with Gasteiger partial charge in [0.25, 0.3) is 5.91 Å². The fourth-order valence-corrected chi connectivity index (χ4v) is 3.90. The number of likely N-dealkylation sites (tertiary alicyclic amines) is 1. The lowest BCUT2D eigenvalue weighted by atomic mass is 10.1. The normalized spacial score (nSPS) is 15.9. The zero-order valence-corrected chi connectivity index (χ0v) is 17.6. The van der Waals surface area contributed by atoms with Gasteiger partial charge in [0.05, 0.1) is 0 Å². The Balaban J connectivity index is 1.76. The zero-order chi connectivity index (χ0) is 21.1. The van der Waals surface area contributed by atoms with E-state index in [0.29, 0.717) is 39.9 Å². The van der Waals surface area contributed by atoms with Gasteiger partial charge in [-0.15, -0.1) is 0 Å². The van der Waals surface area contributed by atoms with Gasteiger partial charge in [0.2, 0.25) is 11.8 Å². The molecule has 0 spiro atoms. The van der Waals surface area contributed by atoms with Crippen molar-refractivity contribution in [1.29, 1.82) is 0 Å². The average molecular weight is 434 g/mol. The van der Waals surface area contributed by atoms with Crippen molar-refractivity contribution in [3.05, 3.63) is 57.6 Å². The van der Waals surface area contributed by atoms with Gasteiger partial charge >= 0.3 is 0 Å². The van der Waals surface area contributed by atoms with Crippen molar-refractivity contribution in [2.75, 3.05) is 17.2 Å². The molecule has 0 saturated carbocycles. The van der Waals surface area contributed by atoms with Gasteiger partial charge in [-0.1, -0.05) is 29.3 Å². The molecule has 0 bridgehead atoms. The van der Waals surface area contributed by atoms with E-state index < -0.39 is 6.04 Å². The van der Waals surface area contributed by atoms with Crippen LogP contribution in [-0.4, -0.2) is 35.2 Å². The van der Waals surface area contributed by atoms with E-state index >= 15 is 0 Å². The van der Waals surface area contributed by atoms with Gasteiger partial charge < -0.3 is 15.5 Å². The first-order chi connectivity index (χ1) is 13.7. The minimum atomic E-state index is -0.592. The number of carbonyl (C=O) groups is 3. The standard InChI is InChI=1S/C21H21Cl2N3O3/c1-12-5-6-17(11-18(12)24-13(2)27)25-20(28)19-4-3-7-26(19)21(29)14-8-15(22)10-16(23)9-14/h5-6,8-11,19H,3-4,7H2,1-2H3,(H,24,27)(H,25,28). The lowest BCUT2D eigenvalue weighted by molar-refractivity contribution is -0.119. The lowest BCUT2D eigenvalue weighted by Crippen LogP contribution is -2.43. The second-order valence-corrected chi connectivity index (χ2v) is 7.89. The number of hydrogen-bond acceptors (Lipinski definition) is 3. The topological polar surface area (TPSA) is 78.5 Å². The van der Waals surface area contributed by atoms with Crippen LogP contribution in [0.1, 0.15) is 35.7 Å². The number of amides is 3. The quantitative estimate of drug-likeness (QED) is 0.744. The highest BCUT2D eigenvalue weighted by molar-refractivity contribution is 6.35. The smallest absolute Gasteiger partial charge is 0.254 e. The van der Waals surface area contributed by atoms with E-state index in [1.165, 1.54) is 6.92 Å². The van der Waals surface area contributed by atoms with E-state index in [2.05, 4.69) is 10.6 Å². The number of carbonyl (C=O) groups excluding carboxylic acids is 3. The molecule has 3 rings (SSSR count). The van der Waals surface area contributed by atoms with Gasteiger partial charge in [0.1, 0.15) is 6.04 Å². The Hall–Kier alpha value is -2.57. The highest BCUT2D eigenvalue weighted by atomic mass is 35.5. The molecule has 1 atom stereocenters. The largest absolute Gasteiger partial charge is 0.327 e. The highest BCUT2D eigenvalue weighted by Crippen LogP contribution is 2.26. The fourth-order valence-electron chi connectivity index (χ4n) is 3.38. The predicted octanol–water partition coefficient (Wildman–Crippen LogP) is 4.50. The van der Waals surface area contributed by atoms with Gasteiger partial charge in [-0.2, -0.15) is 0 Å². The SMILES string of the molecule is CC(=O)Nc1cc(NC(=O)C2CCCN2C(=O)c2cc(Cl)cc(Cl)c2)ccc1C. The third-order valence-electron chi connectivity index (χ3n) is 4.74. The Bertz CT molecular complexity index is 957. The van der Waals surface area contributed by atoms with E-state index in [9.17, 15) is 14.4 Å². The van der Waals surface area contributed by atoms with E-state index in [0.717, 1.165) is 12.0 Å². The van der Waals surface area contributed by atoms with E-state index in [1.54, 1.807) is 35.2 Å². The summed E-state index contributed by atoms with van der Waals surface area (Å²) in [5.41, 5.74) is 2.41. The summed E-state index contributed by atoms with van der Waals surface area (Å²) in [6, 6.07) is 9.32. The van der Waals surface area contributed by atoms with Gasteiger partial charge in [0.15, 0.2) is 0 Å². The monoisotopic (exact) mass is 433 g/mol. The molecule has 1 heterocycles. The number of aryl methyl sites for hydroxylation is 1. The molecule has 1 saturated heterocycles. The van der Waals surface area contributed by atoms with Crippen molar-refractivity contribution in [3.63, 3.8) is 0 Å². The Labute approximate surface area is 179 Å². The minimum Gasteiger partial charge on any atom is -0.327 e. The van der Waals surface area contributed by atoms with Gasteiger partial charge in [-0.05, 0) is 55.7 Å². The van der Waals surface area contributed by atoms with Crippen LogP contribution in [-0.2, 0) is 9.59 Å². The Morgan fingerprint density at radius 1 is 1.03 bits per heavy atom. The average Bonchev–Trinajstić information content (AvgIpc) is 3.12. The van der Waals surface area contributed by atoms with Crippen molar-refractivity contribution in [1.82, 2.24) is 4.90 Å². The predicted molar refractivity (Wildman–Crippen MR) is 115 cm³/mol. The summed E-state index contributed by atoms with van der Waals surface area (Å²) in [6.07, 6.45) is 1.29. The summed E-state index contributed by atoms with van der Waals surface area (Å²) in [5, 5.41) is 6.32. The van der Waals surface area contributed by atoms with E-state index in [4.69, 9.17) is 23.2 Å². The number of nitrogens with one attached hydrogen (secondary N) is 2. The van der Waals surface area contributed by atoms with Crippen LogP contribution in [0.25, 0.3) is 0 Å². The van der Waals surface area contributed by atoms with Crippen molar-refractivity contribution in [2.24, 2.45) is 0 Å². The number of rotatable bonds is 4. The summed E-state index contributed by atoms with van der Waals surface area (Å²) >= 11 is 12.0. The summed E-state index contributed by atoms with van der Waals surface area (Å²) in [6.45, 7) is 3.77. The number of benzene rings is 2. The Morgan fingerprint density at radius 2 is 1.72 bits per heavy atom. The second kappa shape index (κ2) is 8.84. The summed E-state index contributed by atoms with van der Waals surface area (Å²) in [4.78, 5) is 38.7. The molecule has 2 N–H and O–H groups in total. The number of nitrogens with zero attached hydrogens (tertiary/aromatic N) is 1. The second-order valence-electron chi connectivity index (χ2n) is 7.01. The summed E-state index contributed by atoms with van der Waals surface area (Å²) in [5.74, 6) is -0.749. The molecule has 152 valence electrons. The summed E-state index contributed by atoms with van der Waals surface area (Å²) in [7, 11) is 0. The van der Waals surface area contributed by atoms with Gasteiger partial charge in [-0.25, -0.2) is 0 Å². The molecule has 29 heavy (non-hydrogen) atoms. The van der Waals surface area contributed by atoms with Crippen LogP contribution in [0.4, 0.5) is 11.4 Å². The van der Waals surface area contributed by atoms with Gasteiger partial charge in [0, 0.05) is 40.5 Å². The third kappa shape index (κ3) is 5.08. The van der Waals surface area contributed by atoms with Crippen molar-refractivity contribution < 1.29 is 14.4 Å². The summed E-state index contributed by atoms with van der Waals surface area (Å²) < 4.78 is 0. The maximum Gasteiger partial charge on any atom is 0.254 e. The first kappa shape index (κ1) is 21.1. The van der Waals surface area contributed by atoms with E-state index in [1.807, 2.05) is 13.0 Å². The van der Waals surface area contributed by atoms with Crippen LogP contribution in [0.15, 0.2) is 36.4 Å². The van der Waals surface area contributed by atoms with E-state index in [-0.39, 0.29) is 17.7 Å². The molecule has 1 aliphatic heterocycles. The first-order valence-electron chi connectivity index (χ1n) is 9.21. The van der Waals surface area contributed by atoms with Crippen LogP contribution >= 0.6 is 23.2 Å². The molecule has 3 amide bonds. The van der Waals surface area contributed by atoms with Crippen molar-refractivity contribution in [2.45, 2.75) is 32.7 Å². The molecule has 1 fully saturated rings. The molecule has 0 aliphatic carbocycles. The van der Waals surface area contributed by atoms with Crippen LogP contribution in [0.5, 0.6) is 0 Å². The molecule has 2 aromatic rings. The van der Waals surface area contributed by atoms with Crippen molar-refractivity contribution >= 4 is 52.3 Å². The first-order valence-corrected chi connectivity index (χ1v) is 9.96. The minimum absolute atomic E-state index is 0.190.